The van der Waals surface area contributed by atoms with Crippen molar-refractivity contribution in [1.82, 2.24) is 10.2 Å². The summed E-state index contributed by atoms with van der Waals surface area (Å²) in [5, 5.41) is 2.42. The van der Waals surface area contributed by atoms with Gasteiger partial charge in [-0.05, 0) is 19.1 Å². The normalized spacial score (nSPS) is 24.0. The van der Waals surface area contributed by atoms with Gasteiger partial charge in [-0.15, -0.1) is 0 Å². The third kappa shape index (κ3) is 4.18. The number of nitrogens with one attached hydrogen (secondary N) is 1. The summed E-state index contributed by atoms with van der Waals surface area (Å²) < 4.78 is 37.5. The summed E-state index contributed by atoms with van der Waals surface area (Å²) >= 11 is 0. The van der Waals surface area contributed by atoms with Crippen LogP contribution in [0, 0.1) is 0 Å². The quantitative estimate of drug-likeness (QED) is 0.624. The van der Waals surface area contributed by atoms with Crippen molar-refractivity contribution in [3.8, 4) is 0 Å². The van der Waals surface area contributed by atoms with Gasteiger partial charge in [-0.25, -0.2) is 0 Å². The Labute approximate surface area is 98.1 Å². The lowest BCUT2D eigenvalue weighted by atomic mass is 10.2. The van der Waals surface area contributed by atoms with E-state index in [0.29, 0.717) is 18.1 Å². The van der Waals surface area contributed by atoms with Crippen LogP contribution in [0.3, 0.4) is 0 Å². The van der Waals surface area contributed by atoms with E-state index in [9.17, 15) is 13.2 Å². The number of hydrogen-bond donors (Lipinski definition) is 3. The van der Waals surface area contributed by atoms with Crippen LogP contribution in [-0.4, -0.2) is 36.8 Å². The lowest BCUT2D eigenvalue weighted by Crippen LogP contribution is -2.57. The Morgan fingerprint density at radius 2 is 2.00 bits per heavy atom. The lowest BCUT2D eigenvalue weighted by molar-refractivity contribution is -0.163. The summed E-state index contributed by atoms with van der Waals surface area (Å²) in [5.74, 6) is 0.297. The van der Waals surface area contributed by atoms with Crippen LogP contribution in [0.4, 0.5) is 13.2 Å². The molecule has 7 heteroatoms. The number of halogens is 3. The molecule has 0 aromatic carbocycles. The minimum atomic E-state index is -4.25. The second-order valence-corrected chi connectivity index (χ2v) is 4.00. The second-order valence-electron chi connectivity index (χ2n) is 4.00. The lowest BCUT2D eigenvalue weighted by Gasteiger charge is -2.35. The predicted molar refractivity (Wildman–Crippen MR) is 59.6 cm³/mol. The van der Waals surface area contributed by atoms with Crippen molar-refractivity contribution in [3.05, 3.63) is 23.7 Å². The smallest absolute Gasteiger partial charge is 0.402 e. The summed E-state index contributed by atoms with van der Waals surface area (Å²) in [6, 6.07) is -1.54. The molecule has 1 aliphatic rings. The molecule has 0 radical (unpaired) electrons. The van der Waals surface area contributed by atoms with Crippen LogP contribution in [0.5, 0.6) is 0 Å². The molecule has 1 fully saturated rings. The molecule has 0 spiro atoms. The van der Waals surface area contributed by atoms with Gasteiger partial charge in [-0.2, -0.15) is 13.2 Å². The van der Waals surface area contributed by atoms with Crippen LogP contribution < -0.4 is 16.8 Å². The van der Waals surface area contributed by atoms with Crippen molar-refractivity contribution in [1.29, 1.82) is 0 Å². The van der Waals surface area contributed by atoms with Crippen molar-refractivity contribution in [2.45, 2.75) is 19.1 Å². The molecule has 1 aliphatic heterocycles. The maximum atomic E-state index is 12.5. The van der Waals surface area contributed by atoms with Gasteiger partial charge in [-0.1, -0.05) is 0 Å². The number of nitrogens with two attached hydrogens (primary N) is 2. The molecule has 1 saturated heterocycles. The fraction of sp³-hybridized carbons (Fsp3) is 0.600. The van der Waals surface area contributed by atoms with E-state index in [2.05, 4.69) is 5.32 Å². The summed E-state index contributed by atoms with van der Waals surface area (Å²) in [6.45, 7) is 2.21. The zero-order valence-corrected chi connectivity index (χ0v) is 9.59. The van der Waals surface area contributed by atoms with Crippen LogP contribution in [0.25, 0.3) is 0 Å². The Morgan fingerprint density at radius 3 is 2.53 bits per heavy atom. The molecule has 0 aromatic rings. The summed E-state index contributed by atoms with van der Waals surface area (Å²) in [7, 11) is 0. The van der Waals surface area contributed by atoms with Gasteiger partial charge in [0.15, 0.2) is 0 Å². The zero-order valence-electron chi connectivity index (χ0n) is 9.59. The number of hydrogen-bond acceptors (Lipinski definition) is 4. The van der Waals surface area contributed by atoms with E-state index in [1.807, 2.05) is 0 Å². The van der Waals surface area contributed by atoms with Crippen LogP contribution in [0.2, 0.25) is 0 Å². The van der Waals surface area contributed by atoms with Crippen molar-refractivity contribution < 1.29 is 13.2 Å². The molecular formula is C10H17F3N4. The molecule has 17 heavy (non-hydrogen) atoms. The van der Waals surface area contributed by atoms with E-state index in [-0.39, 0.29) is 13.1 Å². The van der Waals surface area contributed by atoms with Gasteiger partial charge >= 0.3 is 6.18 Å². The van der Waals surface area contributed by atoms with Crippen molar-refractivity contribution in [2.24, 2.45) is 11.5 Å². The maximum absolute atomic E-state index is 12.5. The molecule has 1 rings (SSSR count). The number of nitrogens with zero attached hydrogens (tertiary/aromatic N) is 1. The molecule has 1 heterocycles. The van der Waals surface area contributed by atoms with Crippen LogP contribution in [0.15, 0.2) is 23.7 Å². The second kappa shape index (κ2) is 5.31. The SMILES string of the molecule is C/C(N)=C/C=C(\N)N1CCNC(C(F)(F)F)C1. The molecule has 0 aliphatic carbocycles. The molecule has 0 aromatic heterocycles. The molecule has 0 bridgehead atoms. The van der Waals surface area contributed by atoms with E-state index in [0.717, 1.165) is 0 Å². The average Bonchev–Trinajstić information content (AvgIpc) is 2.25. The van der Waals surface area contributed by atoms with Gasteiger partial charge in [0.1, 0.15) is 6.04 Å². The average molecular weight is 250 g/mol. The Hall–Kier alpha value is -1.37. The Morgan fingerprint density at radius 1 is 1.35 bits per heavy atom. The summed E-state index contributed by atoms with van der Waals surface area (Å²) in [6.07, 6.45) is -1.16. The van der Waals surface area contributed by atoms with Crippen molar-refractivity contribution in [3.63, 3.8) is 0 Å². The summed E-state index contributed by atoms with van der Waals surface area (Å²) in [4.78, 5) is 1.49. The van der Waals surface area contributed by atoms with E-state index < -0.39 is 12.2 Å². The molecular weight excluding hydrogens is 233 g/mol. The third-order valence-electron chi connectivity index (χ3n) is 2.45. The molecule has 5 N–H and O–H groups in total. The molecule has 4 nitrogen and oxygen atoms in total. The molecule has 98 valence electrons. The van der Waals surface area contributed by atoms with Gasteiger partial charge in [0.25, 0.3) is 0 Å². The van der Waals surface area contributed by atoms with E-state index in [4.69, 9.17) is 11.5 Å². The standard InChI is InChI=1S/C10H17F3N4/c1-7(14)2-3-9(15)17-5-4-16-8(6-17)10(11,12)13/h2-3,8,16H,4-6,14-15H2,1H3/b7-2-,9-3+. The number of rotatable bonds is 2. The first-order valence-corrected chi connectivity index (χ1v) is 5.25. The minimum Gasteiger partial charge on any atom is -0.402 e. The Kier molecular flexibility index (Phi) is 4.28. The third-order valence-corrected chi connectivity index (χ3v) is 2.45. The van der Waals surface area contributed by atoms with Crippen LogP contribution >= 0.6 is 0 Å². The van der Waals surface area contributed by atoms with Gasteiger partial charge < -0.3 is 21.7 Å². The van der Waals surface area contributed by atoms with Gasteiger partial charge in [0.05, 0.1) is 5.82 Å². The molecule has 1 unspecified atom stereocenters. The van der Waals surface area contributed by atoms with Crippen LogP contribution in [-0.2, 0) is 0 Å². The highest BCUT2D eigenvalue weighted by molar-refractivity contribution is 5.13. The first kappa shape index (κ1) is 13.7. The highest BCUT2D eigenvalue weighted by atomic mass is 19.4. The Balaban J connectivity index is 2.67. The Bertz CT molecular complexity index is 318. The number of piperazine rings is 1. The highest BCUT2D eigenvalue weighted by Crippen LogP contribution is 2.23. The molecule has 0 saturated carbocycles. The first-order valence-electron chi connectivity index (χ1n) is 5.25. The van der Waals surface area contributed by atoms with Crippen molar-refractivity contribution >= 4 is 0 Å². The molecule has 0 amide bonds. The molecule has 1 atom stereocenters. The zero-order chi connectivity index (χ0) is 13.1. The number of allylic oxidation sites excluding steroid dienone is 3. The monoisotopic (exact) mass is 250 g/mol. The number of alkyl halides is 3. The maximum Gasteiger partial charge on any atom is 0.405 e. The van der Waals surface area contributed by atoms with Gasteiger partial charge in [0, 0.05) is 25.3 Å². The predicted octanol–water partition coefficient (Wildman–Crippen LogP) is 0.485. The van der Waals surface area contributed by atoms with E-state index in [1.165, 1.54) is 11.0 Å². The van der Waals surface area contributed by atoms with E-state index >= 15 is 0 Å². The topological polar surface area (TPSA) is 67.3 Å². The van der Waals surface area contributed by atoms with Gasteiger partial charge in [-0.3, -0.25) is 0 Å². The van der Waals surface area contributed by atoms with E-state index in [1.54, 1.807) is 13.0 Å². The largest absolute Gasteiger partial charge is 0.405 e. The highest BCUT2D eigenvalue weighted by Gasteiger charge is 2.42. The minimum absolute atomic E-state index is 0.177. The fourth-order valence-corrected chi connectivity index (χ4v) is 1.53. The fourth-order valence-electron chi connectivity index (χ4n) is 1.53. The van der Waals surface area contributed by atoms with Crippen molar-refractivity contribution in [2.75, 3.05) is 19.6 Å². The van der Waals surface area contributed by atoms with Crippen LogP contribution in [0.1, 0.15) is 6.92 Å². The van der Waals surface area contributed by atoms with Gasteiger partial charge in [0.2, 0.25) is 0 Å². The summed E-state index contributed by atoms with van der Waals surface area (Å²) in [5.41, 5.74) is 11.7. The first-order chi connectivity index (χ1) is 7.80.